The normalized spacial score (nSPS) is 21.6. The fourth-order valence-corrected chi connectivity index (χ4v) is 6.04. The van der Waals surface area contributed by atoms with Crippen LogP contribution in [0, 0.1) is 11.6 Å². The molecule has 3 aromatic rings. The van der Waals surface area contributed by atoms with Crippen LogP contribution in [0.2, 0.25) is 0 Å². The van der Waals surface area contributed by atoms with E-state index in [4.69, 9.17) is 4.98 Å². The number of rotatable bonds is 7. The Balaban J connectivity index is 1.38. The van der Waals surface area contributed by atoms with Gasteiger partial charge in [-0.05, 0) is 75.5 Å². The van der Waals surface area contributed by atoms with E-state index in [2.05, 4.69) is 34.9 Å². The second-order valence-corrected chi connectivity index (χ2v) is 10.9. The highest BCUT2D eigenvalue weighted by Crippen LogP contribution is 2.38. The molecule has 9 heteroatoms. The molecule has 0 radical (unpaired) electrons. The number of hydrogen-bond acceptors (Lipinski definition) is 5. The Hall–Kier alpha value is -3.07. The number of amides is 1. The summed E-state index contributed by atoms with van der Waals surface area (Å²) in [5, 5.41) is 14.5. The average molecular weight is 526 g/mol. The summed E-state index contributed by atoms with van der Waals surface area (Å²) >= 11 is 0. The van der Waals surface area contributed by atoms with E-state index in [9.17, 15) is 18.7 Å². The number of carbonyl (C=O) groups is 1. The summed E-state index contributed by atoms with van der Waals surface area (Å²) in [4.78, 5) is 24.2. The molecule has 7 nitrogen and oxygen atoms in total. The number of nitrogens with one attached hydrogen (secondary N) is 1. The number of nitrogens with zero attached hydrogens (tertiary/aromatic N) is 4. The number of fused-ring (bicyclic) bond motifs is 1. The maximum absolute atomic E-state index is 13.7. The van der Waals surface area contributed by atoms with Crippen molar-refractivity contribution in [1.29, 1.82) is 0 Å². The number of piperidine rings is 1. The molecule has 1 saturated heterocycles. The van der Waals surface area contributed by atoms with Gasteiger partial charge in [0.2, 0.25) is 5.95 Å². The molecule has 1 atom stereocenters. The molecular formula is C29H37F2N5O2. The summed E-state index contributed by atoms with van der Waals surface area (Å²) in [6.07, 6.45) is 10.9. The van der Waals surface area contributed by atoms with E-state index in [0.29, 0.717) is 19.0 Å². The first kappa shape index (κ1) is 26.5. The third kappa shape index (κ3) is 5.67. The molecular weight excluding hydrogens is 488 g/mol. The standard InChI is InChI=1S/C29H37F2N5O2/c1-3-4-18(2)33-29-32-16-25-26(17-36(27(25)34-29)23-5-7-24(37)8-6-23)19-9-11-35(12-10-19)28(38)20-13-21(30)15-22(31)14-20/h13-19,23-24,37H,3-12H2,1-2H3,(H,32,33,34)/t18-,23?,24?/m0/s1. The van der Waals surface area contributed by atoms with Crippen LogP contribution < -0.4 is 5.32 Å². The Morgan fingerprint density at radius 2 is 1.79 bits per heavy atom. The maximum Gasteiger partial charge on any atom is 0.254 e. The lowest BCUT2D eigenvalue weighted by atomic mass is 9.89. The highest BCUT2D eigenvalue weighted by Gasteiger charge is 2.30. The van der Waals surface area contributed by atoms with Crippen molar-refractivity contribution >= 4 is 22.9 Å². The van der Waals surface area contributed by atoms with Crippen LogP contribution in [0.4, 0.5) is 14.7 Å². The second kappa shape index (κ2) is 11.4. The fraction of sp³-hybridized carbons (Fsp3) is 0.552. The summed E-state index contributed by atoms with van der Waals surface area (Å²) in [6, 6.07) is 3.51. The van der Waals surface area contributed by atoms with Crippen LogP contribution in [-0.4, -0.2) is 55.7 Å². The molecule has 2 N–H and O–H groups in total. The first-order valence-electron chi connectivity index (χ1n) is 13.9. The summed E-state index contributed by atoms with van der Waals surface area (Å²) in [6.45, 7) is 5.32. The highest BCUT2D eigenvalue weighted by molar-refractivity contribution is 5.94. The molecule has 0 unspecified atom stereocenters. The van der Waals surface area contributed by atoms with Crippen molar-refractivity contribution < 1.29 is 18.7 Å². The second-order valence-electron chi connectivity index (χ2n) is 10.9. The van der Waals surface area contributed by atoms with E-state index in [1.807, 2.05) is 6.20 Å². The highest BCUT2D eigenvalue weighted by atomic mass is 19.1. The van der Waals surface area contributed by atoms with Crippen molar-refractivity contribution in [2.45, 2.75) is 89.3 Å². The number of halogens is 2. The number of carbonyl (C=O) groups excluding carboxylic acids is 1. The van der Waals surface area contributed by atoms with Crippen LogP contribution in [0.15, 0.2) is 30.6 Å². The van der Waals surface area contributed by atoms with Gasteiger partial charge < -0.3 is 19.9 Å². The molecule has 3 heterocycles. The molecule has 2 aromatic heterocycles. The van der Waals surface area contributed by atoms with Gasteiger partial charge in [0, 0.05) is 54.6 Å². The SMILES string of the molecule is CCC[C@H](C)Nc1ncc2c(C3CCN(C(=O)c4cc(F)cc(F)c4)CC3)cn(C3CCC(O)CC3)c2n1. The first-order valence-corrected chi connectivity index (χ1v) is 13.9. The van der Waals surface area contributed by atoms with E-state index >= 15 is 0 Å². The fourth-order valence-electron chi connectivity index (χ4n) is 6.04. The van der Waals surface area contributed by atoms with Gasteiger partial charge in [0.1, 0.15) is 17.3 Å². The van der Waals surface area contributed by atoms with Gasteiger partial charge in [0.25, 0.3) is 5.91 Å². The maximum atomic E-state index is 13.7. The van der Waals surface area contributed by atoms with Gasteiger partial charge in [-0.15, -0.1) is 0 Å². The number of hydrogen-bond donors (Lipinski definition) is 2. The van der Waals surface area contributed by atoms with Gasteiger partial charge in [0.15, 0.2) is 0 Å². The van der Waals surface area contributed by atoms with Crippen molar-refractivity contribution in [3.63, 3.8) is 0 Å². The van der Waals surface area contributed by atoms with E-state index in [1.54, 1.807) is 4.90 Å². The third-order valence-electron chi connectivity index (χ3n) is 8.09. The van der Waals surface area contributed by atoms with Crippen molar-refractivity contribution in [2.75, 3.05) is 18.4 Å². The third-order valence-corrected chi connectivity index (χ3v) is 8.09. The topological polar surface area (TPSA) is 83.3 Å². The molecule has 204 valence electrons. The molecule has 2 fully saturated rings. The first-order chi connectivity index (χ1) is 18.3. The molecule has 1 amide bonds. The summed E-state index contributed by atoms with van der Waals surface area (Å²) in [5.41, 5.74) is 2.14. The zero-order valence-corrected chi connectivity index (χ0v) is 22.2. The zero-order valence-electron chi connectivity index (χ0n) is 22.2. The quantitative estimate of drug-likeness (QED) is 0.407. The Morgan fingerprint density at radius 1 is 1.11 bits per heavy atom. The Kier molecular flexibility index (Phi) is 7.93. The number of aromatic nitrogens is 3. The lowest BCUT2D eigenvalue weighted by Gasteiger charge is -2.32. The van der Waals surface area contributed by atoms with Crippen molar-refractivity contribution in [1.82, 2.24) is 19.4 Å². The van der Waals surface area contributed by atoms with E-state index in [1.165, 1.54) is 5.56 Å². The van der Waals surface area contributed by atoms with Gasteiger partial charge in [-0.3, -0.25) is 4.79 Å². The summed E-state index contributed by atoms with van der Waals surface area (Å²) in [5.74, 6) is -0.982. The number of benzene rings is 1. The number of aliphatic hydroxyl groups is 1. The number of aliphatic hydroxyl groups excluding tert-OH is 1. The molecule has 0 bridgehead atoms. The van der Waals surface area contributed by atoms with Crippen molar-refractivity contribution in [3.05, 3.63) is 53.4 Å². The average Bonchev–Trinajstić information content (AvgIpc) is 3.27. The lowest BCUT2D eigenvalue weighted by Crippen LogP contribution is -2.38. The minimum absolute atomic E-state index is 0.0442. The van der Waals surface area contributed by atoms with Crippen LogP contribution in [-0.2, 0) is 0 Å². The molecule has 1 aliphatic heterocycles. The zero-order chi connectivity index (χ0) is 26.8. The smallest absolute Gasteiger partial charge is 0.254 e. The van der Waals surface area contributed by atoms with Gasteiger partial charge in [-0.1, -0.05) is 13.3 Å². The van der Waals surface area contributed by atoms with Gasteiger partial charge in [-0.25, -0.2) is 13.8 Å². The van der Waals surface area contributed by atoms with Crippen molar-refractivity contribution in [2.24, 2.45) is 0 Å². The van der Waals surface area contributed by atoms with Crippen LogP contribution in [0.5, 0.6) is 0 Å². The van der Waals surface area contributed by atoms with E-state index in [0.717, 1.165) is 80.6 Å². The molecule has 1 aromatic carbocycles. The molecule has 5 rings (SSSR count). The summed E-state index contributed by atoms with van der Waals surface area (Å²) in [7, 11) is 0. The summed E-state index contributed by atoms with van der Waals surface area (Å²) < 4.78 is 29.6. The van der Waals surface area contributed by atoms with Gasteiger partial charge in [0.05, 0.1) is 6.10 Å². The van der Waals surface area contributed by atoms with Gasteiger partial charge >= 0.3 is 0 Å². The molecule has 1 aliphatic carbocycles. The van der Waals surface area contributed by atoms with Crippen LogP contribution in [0.3, 0.4) is 0 Å². The van der Waals surface area contributed by atoms with E-state index in [-0.39, 0.29) is 35.6 Å². The van der Waals surface area contributed by atoms with E-state index < -0.39 is 11.6 Å². The van der Waals surface area contributed by atoms with Crippen LogP contribution in [0.1, 0.15) is 93.1 Å². The molecule has 2 aliphatic rings. The lowest BCUT2D eigenvalue weighted by molar-refractivity contribution is 0.0712. The predicted molar refractivity (Wildman–Crippen MR) is 143 cm³/mol. The van der Waals surface area contributed by atoms with Crippen LogP contribution in [0.25, 0.3) is 11.0 Å². The minimum atomic E-state index is -0.746. The van der Waals surface area contributed by atoms with Crippen molar-refractivity contribution in [3.8, 4) is 0 Å². The predicted octanol–water partition coefficient (Wildman–Crippen LogP) is 5.81. The molecule has 1 saturated carbocycles. The Labute approximate surface area is 222 Å². The van der Waals surface area contributed by atoms with Crippen LogP contribution >= 0.6 is 0 Å². The number of anilines is 1. The number of likely N-dealkylation sites (tertiary alicyclic amines) is 1. The Morgan fingerprint density at radius 3 is 2.45 bits per heavy atom. The Bertz CT molecular complexity index is 1260. The largest absolute Gasteiger partial charge is 0.393 e. The molecule has 38 heavy (non-hydrogen) atoms. The molecule has 0 spiro atoms. The van der Waals surface area contributed by atoms with Gasteiger partial charge in [-0.2, -0.15) is 4.98 Å². The monoisotopic (exact) mass is 525 g/mol. The minimum Gasteiger partial charge on any atom is -0.393 e.